The molecule has 0 atom stereocenters. The van der Waals surface area contributed by atoms with Crippen molar-refractivity contribution >= 4 is 33.3 Å². The molecular formula is C19H20N4O2. The lowest BCUT2D eigenvalue weighted by molar-refractivity contribution is -0.119. The number of aromatic nitrogens is 1. The molecule has 6 heteroatoms. The van der Waals surface area contributed by atoms with E-state index in [4.69, 9.17) is 0 Å². The molecule has 0 saturated carbocycles. The maximum Gasteiger partial charge on any atom is 0.278 e. The summed E-state index contributed by atoms with van der Waals surface area (Å²) in [6, 6.07) is 11.8. The Morgan fingerprint density at radius 1 is 1.12 bits per heavy atom. The summed E-state index contributed by atoms with van der Waals surface area (Å²) in [5, 5.41) is 20.9. The first kappa shape index (κ1) is 15.8. The van der Waals surface area contributed by atoms with Gasteiger partial charge >= 0.3 is 0 Å². The molecule has 3 aromatic rings. The number of benzene rings is 2. The fourth-order valence-electron chi connectivity index (χ4n) is 3.48. The van der Waals surface area contributed by atoms with Crippen LogP contribution in [0.2, 0.25) is 0 Å². The van der Waals surface area contributed by atoms with Crippen molar-refractivity contribution in [3.05, 3.63) is 36.4 Å². The third kappa shape index (κ3) is 3.13. The van der Waals surface area contributed by atoms with Crippen LogP contribution < -0.4 is 0 Å². The third-order valence-electron chi connectivity index (χ3n) is 4.71. The Labute approximate surface area is 145 Å². The van der Waals surface area contributed by atoms with Crippen LogP contribution in [0.25, 0.3) is 21.7 Å². The number of H-pyrrole nitrogens is 1. The molecule has 0 unspecified atom stereocenters. The molecule has 1 aliphatic heterocycles. The van der Waals surface area contributed by atoms with Crippen molar-refractivity contribution in [1.29, 1.82) is 0 Å². The molecule has 0 spiro atoms. The van der Waals surface area contributed by atoms with E-state index in [2.05, 4.69) is 20.1 Å². The monoisotopic (exact) mass is 336 g/mol. The van der Waals surface area contributed by atoms with Gasteiger partial charge < -0.3 is 10.1 Å². The lowest BCUT2D eigenvalue weighted by Crippen LogP contribution is -2.33. The Bertz CT molecular complexity index is 955. The van der Waals surface area contributed by atoms with E-state index >= 15 is 0 Å². The van der Waals surface area contributed by atoms with Crippen LogP contribution in [0.15, 0.2) is 46.6 Å². The summed E-state index contributed by atoms with van der Waals surface area (Å²) in [7, 11) is 0. The van der Waals surface area contributed by atoms with Crippen molar-refractivity contribution in [2.24, 2.45) is 10.2 Å². The largest absolute Gasteiger partial charge is 0.493 e. The van der Waals surface area contributed by atoms with Crippen LogP contribution in [0.3, 0.4) is 0 Å². The van der Waals surface area contributed by atoms with E-state index < -0.39 is 0 Å². The van der Waals surface area contributed by atoms with Gasteiger partial charge in [0.05, 0.1) is 12.1 Å². The SMILES string of the molecule is O=C(CN1CCCCC1)N=Nc1c(O)[nH]c2ccc3ccccc3c12. The van der Waals surface area contributed by atoms with E-state index in [9.17, 15) is 9.90 Å². The molecule has 1 fully saturated rings. The highest BCUT2D eigenvalue weighted by Gasteiger charge is 2.16. The van der Waals surface area contributed by atoms with Gasteiger partial charge in [-0.3, -0.25) is 9.69 Å². The zero-order chi connectivity index (χ0) is 17.2. The number of carbonyl (C=O) groups is 1. The Hall–Kier alpha value is -2.73. The summed E-state index contributed by atoms with van der Waals surface area (Å²) >= 11 is 0. The second kappa shape index (κ2) is 6.64. The topological polar surface area (TPSA) is 81.1 Å². The number of nitrogens with one attached hydrogen (secondary N) is 1. The van der Waals surface area contributed by atoms with Gasteiger partial charge in [0.15, 0.2) is 5.69 Å². The van der Waals surface area contributed by atoms with Crippen LogP contribution in [0.5, 0.6) is 5.88 Å². The number of nitrogens with zero attached hydrogens (tertiary/aromatic N) is 3. The van der Waals surface area contributed by atoms with Gasteiger partial charge in [0, 0.05) is 5.39 Å². The minimum Gasteiger partial charge on any atom is -0.493 e. The summed E-state index contributed by atoms with van der Waals surface area (Å²) in [5.41, 5.74) is 1.09. The van der Waals surface area contributed by atoms with Crippen molar-refractivity contribution < 1.29 is 9.90 Å². The molecule has 0 radical (unpaired) electrons. The average molecular weight is 336 g/mol. The highest BCUT2D eigenvalue weighted by Crippen LogP contribution is 2.39. The molecule has 2 heterocycles. The number of fused-ring (bicyclic) bond motifs is 3. The number of likely N-dealkylation sites (tertiary alicyclic amines) is 1. The standard InChI is InChI=1S/C19H20N4O2/c24-16(12-23-10-4-1-5-11-23)21-22-18-17-14-7-3-2-6-13(14)8-9-15(17)20-19(18)25/h2-3,6-9,20,25H,1,4-5,10-12H2. The molecule has 1 aliphatic rings. The molecular weight excluding hydrogens is 316 g/mol. The lowest BCUT2D eigenvalue weighted by atomic mass is 10.1. The fraction of sp³-hybridized carbons (Fsp3) is 0.316. The molecule has 25 heavy (non-hydrogen) atoms. The number of amides is 1. The maximum absolute atomic E-state index is 12.1. The Morgan fingerprint density at radius 2 is 1.92 bits per heavy atom. The third-order valence-corrected chi connectivity index (χ3v) is 4.71. The minimum atomic E-state index is -0.282. The quantitative estimate of drug-likeness (QED) is 0.706. The molecule has 1 aromatic heterocycles. The van der Waals surface area contributed by atoms with Crippen LogP contribution in [-0.4, -0.2) is 40.5 Å². The van der Waals surface area contributed by atoms with Crippen LogP contribution in [0.4, 0.5) is 5.69 Å². The van der Waals surface area contributed by atoms with Crippen LogP contribution in [-0.2, 0) is 4.79 Å². The highest BCUT2D eigenvalue weighted by molar-refractivity contribution is 6.13. The molecule has 0 bridgehead atoms. The first-order valence-electron chi connectivity index (χ1n) is 8.62. The molecule has 6 nitrogen and oxygen atoms in total. The van der Waals surface area contributed by atoms with Crippen molar-refractivity contribution in [3.63, 3.8) is 0 Å². The molecule has 1 amide bonds. The number of piperidine rings is 1. The molecule has 2 aromatic carbocycles. The van der Waals surface area contributed by atoms with E-state index in [-0.39, 0.29) is 18.3 Å². The predicted molar refractivity (Wildman–Crippen MR) is 97.3 cm³/mol. The molecule has 2 N–H and O–H groups in total. The van der Waals surface area contributed by atoms with E-state index in [1.807, 2.05) is 36.4 Å². The highest BCUT2D eigenvalue weighted by atomic mass is 16.3. The zero-order valence-electron chi connectivity index (χ0n) is 13.9. The van der Waals surface area contributed by atoms with Crippen LogP contribution in [0, 0.1) is 0 Å². The maximum atomic E-state index is 12.1. The number of carbonyl (C=O) groups excluding carboxylic acids is 1. The zero-order valence-corrected chi connectivity index (χ0v) is 13.9. The number of aromatic amines is 1. The van der Waals surface area contributed by atoms with E-state index in [0.717, 1.165) is 47.6 Å². The van der Waals surface area contributed by atoms with E-state index in [0.29, 0.717) is 5.69 Å². The van der Waals surface area contributed by atoms with Crippen molar-refractivity contribution in [3.8, 4) is 5.88 Å². The number of hydrogen-bond acceptors (Lipinski definition) is 4. The Balaban J connectivity index is 1.65. The average Bonchev–Trinajstić information content (AvgIpc) is 2.96. The van der Waals surface area contributed by atoms with Gasteiger partial charge in [0.1, 0.15) is 0 Å². The van der Waals surface area contributed by atoms with Crippen molar-refractivity contribution in [2.45, 2.75) is 19.3 Å². The first-order chi connectivity index (χ1) is 12.2. The van der Waals surface area contributed by atoms with E-state index in [1.54, 1.807) is 0 Å². The number of azo groups is 1. The summed E-state index contributed by atoms with van der Waals surface area (Å²) in [6.07, 6.45) is 3.47. The van der Waals surface area contributed by atoms with Gasteiger partial charge in [-0.15, -0.1) is 10.2 Å². The van der Waals surface area contributed by atoms with Gasteiger partial charge in [-0.25, -0.2) is 0 Å². The van der Waals surface area contributed by atoms with Gasteiger partial charge in [-0.2, -0.15) is 0 Å². The van der Waals surface area contributed by atoms with Gasteiger partial charge in [-0.1, -0.05) is 36.8 Å². The number of hydrogen-bond donors (Lipinski definition) is 2. The van der Waals surface area contributed by atoms with E-state index in [1.165, 1.54) is 6.42 Å². The molecule has 128 valence electrons. The predicted octanol–water partition coefficient (Wildman–Crippen LogP) is 4.12. The molecule has 0 aliphatic carbocycles. The fourth-order valence-corrected chi connectivity index (χ4v) is 3.48. The summed E-state index contributed by atoms with van der Waals surface area (Å²) < 4.78 is 0. The van der Waals surface area contributed by atoms with Crippen molar-refractivity contribution in [1.82, 2.24) is 9.88 Å². The minimum absolute atomic E-state index is 0.0686. The van der Waals surface area contributed by atoms with Crippen LogP contribution >= 0.6 is 0 Å². The Morgan fingerprint density at radius 3 is 2.76 bits per heavy atom. The van der Waals surface area contributed by atoms with Gasteiger partial charge in [0.2, 0.25) is 5.88 Å². The molecule has 4 rings (SSSR count). The number of aromatic hydroxyl groups is 1. The first-order valence-corrected chi connectivity index (χ1v) is 8.62. The smallest absolute Gasteiger partial charge is 0.278 e. The van der Waals surface area contributed by atoms with Crippen LogP contribution in [0.1, 0.15) is 19.3 Å². The van der Waals surface area contributed by atoms with Gasteiger partial charge in [0.25, 0.3) is 5.91 Å². The number of rotatable bonds is 3. The lowest BCUT2D eigenvalue weighted by Gasteiger charge is -2.24. The van der Waals surface area contributed by atoms with Crippen molar-refractivity contribution in [2.75, 3.05) is 19.6 Å². The summed E-state index contributed by atoms with van der Waals surface area (Å²) in [5.74, 6) is -0.350. The van der Waals surface area contributed by atoms with Gasteiger partial charge in [-0.05, 0) is 42.8 Å². The summed E-state index contributed by atoms with van der Waals surface area (Å²) in [6.45, 7) is 2.15. The molecule has 1 saturated heterocycles. The Kier molecular flexibility index (Phi) is 4.19. The normalized spacial score (nSPS) is 16.2. The second-order valence-corrected chi connectivity index (χ2v) is 6.46. The summed E-state index contributed by atoms with van der Waals surface area (Å²) in [4.78, 5) is 17.1. The second-order valence-electron chi connectivity index (χ2n) is 6.46.